The first kappa shape index (κ1) is 22.8. The number of hydrogen-bond donors (Lipinski definition) is 1. The molecule has 0 bridgehead atoms. The van der Waals surface area contributed by atoms with Gasteiger partial charge in [-0.15, -0.1) is 21.5 Å². The van der Waals surface area contributed by atoms with Gasteiger partial charge in [0.05, 0.1) is 11.4 Å². The lowest BCUT2D eigenvalue weighted by Crippen LogP contribution is -2.14. The monoisotopic (exact) mass is 489 g/mol. The highest BCUT2D eigenvalue weighted by atomic mass is 32.2. The van der Waals surface area contributed by atoms with Crippen LogP contribution in [0.15, 0.2) is 59.1 Å². The molecule has 2 unspecified atom stereocenters. The number of carbonyl (C=O) groups is 1. The van der Waals surface area contributed by atoms with Gasteiger partial charge in [0.2, 0.25) is 5.91 Å². The van der Waals surface area contributed by atoms with Crippen LogP contribution in [0.5, 0.6) is 0 Å². The summed E-state index contributed by atoms with van der Waals surface area (Å²) in [6, 6.07) is 16.9. The Kier molecular flexibility index (Phi) is 6.52. The minimum Gasteiger partial charge on any atom is -0.306 e. The molecule has 1 aliphatic rings. The number of thioether (sulfide) groups is 1. The van der Waals surface area contributed by atoms with E-state index in [-0.39, 0.29) is 11.7 Å². The molecule has 1 aliphatic carbocycles. The van der Waals surface area contributed by atoms with Crippen LogP contribution in [-0.2, 0) is 11.3 Å². The molecule has 4 aromatic rings. The summed E-state index contributed by atoms with van der Waals surface area (Å²) in [5.41, 5.74) is 5.78. The van der Waals surface area contributed by atoms with Crippen LogP contribution in [0.1, 0.15) is 47.7 Å². The van der Waals surface area contributed by atoms with Gasteiger partial charge in [-0.1, -0.05) is 54.2 Å². The molecule has 1 saturated carbocycles. The van der Waals surface area contributed by atoms with Crippen molar-refractivity contribution < 1.29 is 4.79 Å². The number of carbonyl (C=O) groups excluding carboxylic acids is 1. The fraction of sp³-hybridized carbons (Fsp3) is 0.308. The second-order valence-corrected chi connectivity index (χ2v) is 10.4. The molecule has 1 fully saturated rings. The van der Waals surface area contributed by atoms with Crippen molar-refractivity contribution in [1.82, 2.24) is 19.7 Å². The molecule has 34 heavy (non-hydrogen) atoms. The Morgan fingerprint density at radius 2 is 1.94 bits per heavy atom. The van der Waals surface area contributed by atoms with Gasteiger partial charge in [0, 0.05) is 23.4 Å². The summed E-state index contributed by atoms with van der Waals surface area (Å²) in [7, 11) is 0. The Balaban J connectivity index is 1.19. The summed E-state index contributed by atoms with van der Waals surface area (Å²) in [5, 5.41) is 15.2. The summed E-state index contributed by atoms with van der Waals surface area (Å²) in [4.78, 5) is 17.2. The Labute approximate surface area is 207 Å². The zero-order valence-corrected chi connectivity index (χ0v) is 21.1. The van der Waals surface area contributed by atoms with E-state index in [2.05, 4.69) is 88.3 Å². The number of aromatic nitrogens is 4. The van der Waals surface area contributed by atoms with E-state index in [1.807, 2.05) is 11.4 Å². The standard InChI is InChI=1S/C26H27N5OS2/c1-4-31-24(21-13-20(21)18-8-6-5-7-9-18)29-30-26(31)34-15-23(32)28-25-27-22(14-33-25)19-11-10-16(2)17(3)12-19/h5-12,14,20-21H,4,13,15H2,1-3H3,(H,27,28,32). The number of benzene rings is 2. The third kappa shape index (κ3) is 4.79. The fourth-order valence-corrected chi connectivity index (χ4v) is 5.72. The van der Waals surface area contributed by atoms with Gasteiger partial charge in [0.1, 0.15) is 5.82 Å². The number of hydrogen-bond acceptors (Lipinski definition) is 6. The maximum absolute atomic E-state index is 12.6. The van der Waals surface area contributed by atoms with Crippen molar-refractivity contribution in [3.8, 4) is 11.3 Å². The zero-order chi connectivity index (χ0) is 23.7. The molecule has 0 spiro atoms. The first-order chi connectivity index (χ1) is 16.5. The number of aryl methyl sites for hydroxylation is 2. The van der Waals surface area contributed by atoms with Crippen LogP contribution in [0, 0.1) is 13.8 Å². The minimum atomic E-state index is -0.0910. The third-order valence-electron chi connectivity index (χ3n) is 6.30. The van der Waals surface area contributed by atoms with Gasteiger partial charge < -0.3 is 9.88 Å². The molecule has 1 amide bonds. The molecule has 0 aliphatic heterocycles. The average molecular weight is 490 g/mol. The van der Waals surface area contributed by atoms with Crippen molar-refractivity contribution in [3.05, 3.63) is 76.4 Å². The Hall–Kier alpha value is -2.97. The third-order valence-corrected chi connectivity index (χ3v) is 8.02. The van der Waals surface area contributed by atoms with Gasteiger partial charge >= 0.3 is 0 Å². The molecule has 2 atom stereocenters. The van der Waals surface area contributed by atoms with Crippen molar-refractivity contribution >= 4 is 34.1 Å². The molecular weight excluding hydrogens is 462 g/mol. The van der Waals surface area contributed by atoms with Gasteiger partial charge in [-0.2, -0.15) is 0 Å². The molecule has 5 rings (SSSR count). The van der Waals surface area contributed by atoms with Gasteiger partial charge in [0.15, 0.2) is 10.3 Å². The van der Waals surface area contributed by atoms with Crippen molar-refractivity contribution in [2.24, 2.45) is 0 Å². The summed E-state index contributed by atoms with van der Waals surface area (Å²) < 4.78 is 2.15. The molecule has 0 saturated heterocycles. The quantitative estimate of drug-likeness (QED) is 0.306. The molecule has 2 aromatic heterocycles. The Bertz CT molecular complexity index is 1310. The van der Waals surface area contributed by atoms with Gasteiger partial charge in [-0.05, 0) is 55.9 Å². The van der Waals surface area contributed by atoms with E-state index in [4.69, 9.17) is 0 Å². The molecule has 2 aromatic carbocycles. The van der Waals surface area contributed by atoms with Crippen LogP contribution >= 0.6 is 23.1 Å². The number of anilines is 1. The molecule has 174 valence electrons. The van der Waals surface area contributed by atoms with Crippen LogP contribution < -0.4 is 5.32 Å². The summed E-state index contributed by atoms with van der Waals surface area (Å²) >= 11 is 2.86. The topological polar surface area (TPSA) is 72.7 Å². The second kappa shape index (κ2) is 9.72. The van der Waals surface area contributed by atoms with Crippen molar-refractivity contribution in [2.75, 3.05) is 11.1 Å². The molecule has 6 nitrogen and oxygen atoms in total. The lowest BCUT2D eigenvalue weighted by atomic mass is 10.1. The van der Waals surface area contributed by atoms with Gasteiger partial charge in [-0.3, -0.25) is 4.79 Å². The Morgan fingerprint density at radius 1 is 1.12 bits per heavy atom. The summed E-state index contributed by atoms with van der Waals surface area (Å²) in [5.74, 6) is 2.11. The highest BCUT2D eigenvalue weighted by molar-refractivity contribution is 7.99. The maximum Gasteiger partial charge on any atom is 0.236 e. The minimum absolute atomic E-state index is 0.0910. The molecule has 2 heterocycles. The lowest BCUT2D eigenvalue weighted by molar-refractivity contribution is -0.113. The number of rotatable bonds is 8. The number of amides is 1. The summed E-state index contributed by atoms with van der Waals surface area (Å²) in [6.45, 7) is 7.07. The summed E-state index contributed by atoms with van der Waals surface area (Å²) in [6.07, 6.45) is 1.10. The van der Waals surface area contributed by atoms with Crippen LogP contribution in [0.3, 0.4) is 0 Å². The first-order valence-electron chi connectivity index (χ1n) is 11.5. The van der Waals surface area contributed by atoms with Gasteiger partial charge in [-0.25, -0.2) is 4.98 Å². The van der Waals surface area contributed by atoms with Crippen LogP contribution in [0.25, 0.3) is 11.3 Å². The first-order valence-corrected chi connectivity index (χ1v) is 13.3. The number of nitrogens with zero attached hydrogens (tertiary/aromatic N) is 4. The van der Waals surface area contributed by atoms with Crippen molar-refractivity contribution in [1.29, 1.82) is 0 Å². The normalized spacial score (nSPS) is 17.0. The van der Waals surface area contributed by atoms with E-state index in [9.17, 15) is 4.79 Å². The van der Waals surface area contributed by atoms with E-state index < -0.39 is 0 Å². The van der Waals surface area contributed by atoms with Crippen LogP contribution in [-0.4, -0.2) is 31.4 Å². The molecule has 1 N–H and O–H groups in total. The van der Waals surface area contributed by atoms with Crippen molar-refractivity contribution in [2.45, 2.75) is 50.7 Å². The zero-order valence-electron chi connectivity index (χ0n) is 19.5. The molecule has 8 heteroatoms. The number of thiazole rings is 1. The van der Waals surface area contributed by atoms with E-state index in [1.165, 1.54) is 39.8 Å². The predicted octanol–water partition coefficient (Wildman–Crippen LogP) is 6.04. The van der Waals surface area contributed by atoms with E-state index >= 15 is 0 Å². The average Bonchev–Trinajstić information content (AvgIpc) is 3.31. The van der Waals surface area contributed by atoms with E-state index in [1.54, 1.807) is 0 Å². The lowest BCUT2D eigenvalue weighted by Gasteiger charge is -2.07. The maximum atomic E-state index is 12.6. The fourth-order valence-electron chi connectivity index (χ4n) is 4.18. The largest absolute Gasteiger partial charge is 0.306 e. The highest BCUT2D eigenvalue weighted by Gasteiger charge is 2.43. The SMILES string of the molecule is CCn1c(SCC(=O)Nc2nc(-c3ccc(C)c(C)c3)cs2)nnc1C1CC1c1ccccc1. The number of nitrogens with one attached hydrogen (secondary N) is 1. The van der Waals surface area contributed by atoms with E-state index in [0.717, 1.165) is 35.2 Å². The van der Waals surface area contributed by atoms with E-state index in [0.29, 0.717) is 17.0 Å². The van der Waals surface area contributed by atoms with Gasteiger partial charge in [0.25, 0.3) is 0 Å². The van der Waals surface area contributed by atoms with Crippen LogP contribution in [0.2, 0.25) is 0 Å². The predicted molar refractivity (Wildman–Crippen MR) is 139 cm³/mol. The molecule has 0 radical (unpaired) electrons. The smallest absolute Gasteiger partial charge is 0.236 e. The Morgan fingerprint density at radius 3 is 2.71 bits per heavy atom. The van der Waals surface area contributed by atoms with Crippen LogP contribution in [0.4, 0.5) is 5.13 Å². The molecular formula is C26H27N5OS2. The highest BCUT2D eigenvalue weighted by Crippen LogP contribution is 2.54. The second-order valence-electron chi connectivity index (χ2n) is 8.62. The van der Waals surface area contributed by atoms with Crippen molar-refractivity contribution in [3.63, 3.8) is 0 Å².